The van der Waals surface area contributed by atoms with Crippen LogP contribution in [0.15, 0.2) is 0 Å². The smallest absolute Gasteiger partial charge is 0.0104 e. The molecule has 0 aliphatic heterocycles. The standard InChI is InChI=1S/C15H32N2/c1-14(2)16-11-13-17(3)12-7-10-15-8-5-4-6-9-15/h14-16H,4-13H2,1-3H3. The van der Waals surface area contributed by atoms with Crippen molar-refractivity contribution in [2.45, 2.75) is 64.8 Å². The van der Waals surface area contributed by atoms with Crippen molar-refractivity contribution < 1.29 is 0 Å². The van der Waals surface area contributed by atoms with Crippen molar-refractivity contribution in [3.05, 3.63) is 0 Å². The average Bonchev–Trinajstić information content (AvgIpc) is 2.30. The molecule has 1 fully saturated rings. The van der Waals surface area contributed by atoms with Gasteiger partial charge >= 0.3 is 0 Å². The van der Waals surface area contributed by atoms with Crippen LogP contribution in [0.3, 0.4) is 0 Å². The molecule has 2 heteroatoms. The Kier molecular flexibility index (Phi) is 7.87. The lowest BCUT2D eigenvalue weighted by Gasteiger charge is -2.23. The van der Waals surface area contributed by atoms with Crippen LogP contribution in [-0.2, 0) is 0 Å². The van der Waals surface area contributed by atoms with Crippen LogP contribution in [0.2, 0.25) is 0 Å². The predicted octanol–water partition coefficient (Wildman–Crippen LogP) is 3.28. The Morgan fingerprint density at radius 3 is 2.47 bits per heavy atom. The normalized spacial score (nSPS) is 18.2. The maximum Gasteiger partial charge on any atom is 0.0104 e. The van der Waals surface area contributed by atoms with Gasteiger partial charge in [-0.3, -0.25) is 0 Å². The van der Waals surface area contributed by atoms with E-state index in [-0.39, 0.29) is 0 Å². The number of hydrogen-bond acceptors (Lipinski definition) is 2. The van der Waals surface area contributed by atoms with Crippen LogP contribution < -0.4 is 5.32 Å². The molecule has 1 aliphatic rings. The molecule has 1 aliphatic carbocycles. The highest BCUT2D eigenvalue weighted by Crippen LogP contribution is 2.27. The molecule has 0 amide bonds. The molecular formula is C15H32N2. The molecule has 102 valence electrons. The first-order valence-electron chi connectivity index (χ1n) is 7.60. The molecule has 0 spiro atoms. The fourth-order valence-electron chi connectivity index (χ4n) is 2.78. The SMILES string of the molecule is CC(C)NCCN(C)CCCC1CCCCC1. The first kappa shape index (κ1) is 15.0. The third-order valence-corrected chi connectivity index (χ3v) is 3.92. The Morgan fingerprint density at radius 2 is 1.82 bits per heavy atom. The van der Waals surface area contributed by atoms with Gasteiger partial charge in [0.1, 0.15) is 0 Å². The zero-order valence-electron chi connectivity index (χ0n) is 12.2. The molecule has 2 nitrogen and oxygen atoms in total. The largest absolute Gasteiger partial charge is 0.313 e. The van der Waals surface area contributed by atoms with Crippen LogP contribution in [0.25, 0.3) is 0 Å². The molecule has 17 heavy (non-hydrogen) atoms. The Morgan fingerprint density at radius 1 is 1.12 bits per heavy atom. The van der Waals surface area contributed by atoms with Crippen molar-refractivity contribution >= 4 is 0 Å². The molecule has 1 N–H and O–H groups in total. The van der Waals surface area contributed by atoms with E-state index in [1.165, 1.54) is 58.0 Å². The monoisotopic (exact) mass is 240 g/mol. The van der Waals surface area contributed by atoms with E-state index in [1.54, 1.807) is 0 Å². The molecule has 0 heterocycles. The van der Waals surface area contributed by atoms with E-state index in [9.17, 15) is 0 Å². The van der Waals surface area contributed by atoms with E-state index in [4.69, 9.17) is 0 Å². The second kappa shape index (κ2) is 8.93. The summed E-state index contributed by atoms with van der Waals surface area (Å²) in [5.41, 5.74) is 0. The van der Waals surface area contributed by atoms with Crippen molar-refractivity contribution in [1.29, 1.82) is 0 Å². The van der Waals surface area contributed by atoms with Gasteiger partial charge in [0.2, 0.25) is 0 Å². The number of nitrogens with zero attached hydrogens (tertiary/aromatic N) is 1. The second-order valence-electron chi connectivity index (χ2n) is 6.06. The molecule has 0 unspecified atom stereocenters. The summed E-state index contributed by atoms with van der Waals surface area (Å²) < 4.78 is 0. The summed E-state index contributed by atoms with van der Waals surface area (Å²) in [5, 5.41) is 3.47. The van der Waals surface area contributed by atoms with Gasteiger partial charge in [0.05, 0.1) is 0 Å². The second-order valence-corrected chi connectivity index (χ2v) is 6.06. The highest BCUT2D eigenvalue weighted by Gasteiger charge is 2.12. The van der Waals surface area contributed by atoms with Crippen molar-refractivity contribution in [3.8, 4) is 0 Å². The third kappa shape index (κ3) is 7.77. The van der Waals surface area contributed by atoms with Crippen LogP contribution in [0.4, 0.5) is 0 Å². The van der Waals surface area contributed by atoms with Crippen LogP contribution in [-0.4, -0.2) is 37.6 Å². The van der Waals surface area contributed by atoms with Gasteiger partial charge in [0, 0.05) is 19.1 Å². The van der Waals surface area contributed by atoms with E-state index >= 15 is 0 Å². The van der Waals surface area contributed by atoms with E-state index in [2.05, 4.69) is 31.1 Å². The molecule has 0 bridgehead atoms. The lowest BCUT2D eigenvalue weighted by molar-refractivity contribution is 0.283. The van der Waals surface area contributed by atoms with E-state index in [0.717, 1.165) is 12.5 Å². The fourth-order valence-corrected chi connectivity index (χ4v) is 2.78. The first-order valence-corrected chi connectivity index (χ1v) is 7.60. The molecule has 1 rings (SSSR count). The lowest BCUT2D eigenvalue weighted by atomic mass is 9.86. The highest BCUT2D eigenvalue weighted by molar-refractivity contribution is 4.67. The van der Waals surface area contributed by atoms with Gasteiger partial charge in [0.25, 0.3) is 0 Å². The Bertz CT molecular complexity index is 174. The third-order valence-electron chi connectivity index (χ3n) is 3.92. The minimum atomic E-state index is 0.616. The minimum absolute atomic E-state index is 0.616. The van der Waals surface area contributed by atoms with Gasteiger partial charge in [-0.1, -0.05) is 46.0 Å². The molecule has 0 aromatic carbocycles. The number of nitrogens with one attached hydrogen (secondary N) is 1. The highest BCUT2D eigenvalue weighted by atomic mass is 15.1. The molecule has 1 saturated carbocycles. The Hall–Kier alpha value is -0.0800. The number of rotatable bonds is 8. The zero-order chi connectivity index (χ0) is 12.5. The summed E-state index contributed by atoms with van der Waals surface area (Å²) in [5.74, 6) is 1.05. The molecule has 0 saturated heterocycles. The van der Waals surface area contributed by atoms with E-state index in [1.807, 2.05) is 0 Å². The summed E-state index contributed by atoms with van der Waals surface area (Å²) in [6.45, 7) is 8.00. The maximum atomic E-state index is 3.47. The summed E-state index contributed by atoms with van der Waals surface area (Å²) in [6, 6.07) is 0.616. The van der Waals surface area contributed by atoms with Crippen molar-refractivity contribution in [2.75, 3.05) is 26.7 Å². The Labute approximate surface area is 108 Å². The van der Waals surface area contributed by atoms with Gasteiger partial charge in [-0.15, -0.1) is 0 Å². The van der Waals surface area contributed by atoms with Crippen LogP contribution in [0.5, 0.6) is 0 Å². The van der Waals surface area contributed by atoms with Crippen LogP contribution in [0, 0.1) is 5.92 Å². The van der Waals surface area contributed by atoms with E-state index < -0.39 is 0 Å². The van der Waals surface area contributed by atoms with Gasteiger partial charge in [0.15, 0.2) is 0 Å². The summed E-state index contributed by atoms with van der Waals surface area (Å²) in [4.78, 5) is 2.47. The Balaban J connectivity index is 1.93. The van der Waals surface area contributed by atoms with Crippen LogP contribution >= 0.6 is 0 Å². The molecule has 0 aromatic heterocycles. The predicted molar refractivity (Wildman–Crippen MR) is 76.4 cm³/mol. The van der Waals surface area contributed by atoms with Crippen molar-refractivity contribution in [1.82, 2.24) is 10.2 Å². The summed E-state index contributed by atoms with van der Waals surface area (Å²) in [6.07, 6.45) is 10.3. The molecule has 0 aromatic rings. The van der Waals surface area contributed by atoms with Crippen LogP contribution in [0.1, 0.15) is 58.8 Å². The number of likely N-dealkylation sites (N-methyl/N-ethyl adjacent to an activating group) is 1. The maximum absolute atomic E-state index is 3.47. The fraction of sp³-hybridized carbons (Fsp3) is 1.00. The van der Waals surface area contributed by atoms with Gasteiger partial charge in [-0.25, -0.2) is 0 Å². The van der Waals surface area contributed by atoms with E-state index in [0.29, 0.717) is 6.04 Å². The number of hydrogen-bond donors (Lipinski definition) is 1. The van der Waals surface area contributed by atoms with Gasteiger partial charge in [-0.05, 0) is 32.4 Å². The van der Waals surface area contributed by atoms with Crippen molar-refractivity contribution in [2.24, 2.45) is 5.92 Å². The summed E-state index contributed by atoms with van der Waals surface area (Å²) in [7, 11) is 2.25. The zero-order valence-corrected chi connectivity index (χ0v) is 12.2. The van der Waals surface area contributed by atoms with Crippen molar-refractivity contribution in [3.63, 3.8) is 0 Å². The topological polar surface area (TPSA) is 15.3 Å². The van der Waals surface area contributed by atoms with Gasteiger partial charge in [-0.2, -0.15) is 0 Å². The minimum Gasteiger partial charge on any atom is -0.313 e. The lowest BCUT2D eigenvalue weighted by Crippen LogP contribution is -2.33. The summed E-state index contributed by atoms with van der Waals surface area (Å²) >= 11 is 0. The molecular weight excluding hydrogens is 208 g/mol. The molecule has 0 atom stereocenters. The first-order chi connectivity index (χ1) is 8.18. The van der Waals surface area contributed by atoms with Gasteiger partial charge < -0.3 is 10.2 Å². The molecule has 0 radical (unpaired) electrons. The average molecular weight is 240 g/mol. The quantitative estimate of drug-likeness (QED) is 0.700.